The standard InChI is InChI=1S/C26H30N4O3/c1-18(13-19-8-10-23(33-4)11-9-19)28-17-20-14-21(26(32)30(2)3)16-22(15-20)29-25(31)24-7-5-6-12-27-24/h5-12,14-16,18,28H,13,17H2,1-4H3,(H,29,31). The molecule has 0 fully saturated rings. The second kappa shape index (κ2) is 11.2. The zero-order chi connectivity index (χ0) is 23.8. The maximum Gasteiger partial charge on any atom is 0.274 e. The van der Waals surface area contributed by atoms with Crippen LogP contribution in [-0.4, -0.2) is 48.9 Å². The summed E-state index contributed by atoms with van der Waals surface area (Å²) >= 11 is 0. The van der Waals surface area contributed by atoms with Crippen molar-refractivity contribution in [3.8, 4) is 5.75 Å². The van der Waals surface area contributed by atoms with Crippen molar-refractivity contribution < 1.29 is 14.3 Å². The van der Waals surface area contributed by atoms with Crippen LogP contribution in [0.1, 0.15) is 38.9 Å². The number of amides is 2. The first kappa shape index (κ1) is 23.9. The van der Waals surface area contributed by atoms with Gasteiger partial charge in [0.15, 0.2) is 0 Å². The molecule has 0 aliphatic rings. The van der Waals surface area contributed by atoms with Gasteiger partial charge in [0.25, 0.3) is 11.8 Å². The predicted molar refractivity (Wildman–Crippen MR) is 130 cm³/mol. The van der Waals surface area contributed by atoms with E-state index in [2.05, 4.69) is 34.7 Å². The lowest BCUT2D eigenvalue weighted by Gasteiger charge is -2.17. The Morgan fingerprint density at radius 2 is 1.79 bits per heavy atom. The van der Waals surface area contributed by atoms with E-state index in [1.165, 1.54) is 10.5 Å². The quantitative estimate of drug-likeness (QED) is 0.523. The highest BCUT2D eigenvalue weighted by Crippen LogP contribution is 2.18. The summed E-state index contributed by atoms with van der Waals surface area (Å²) in [6.07, 6.45) is 2.42. The van der Waals surface area contributed by atoms with Crippen LogP contribution < -0.4 is 15.4 Å². The van der Waals surface area contributed by atoms with Gasteiger partial charge in [-0.15, -0.1) is 0 Å². The van der Waals surface area contributed by atoms with Crippen LogP contribution in [0.25, 0.3) is 0 Å². The highest BCUT2D eigenvalue weighted by molar-refractivity contribution is 6.04. The minimum Gasteiger partial charge on any atom is -0.497 e. The molecule has 172 valence electrons. The molecule has 1 unspecified atom stereocenters. The molecule has 0 spiro atoms. The number of methoxy groups -OCH3 is 1. The molecule has 0 bridgehead atoms. The molecular formula is C26H30N4O3. The highest BCUT2D eigenvalue weighted by atomic mass is 16.5. The van der Waals surface area contributed by atoms with E-state index in [1.807, 2.05) is 24.3 Å². The summed E-state index contributed by atoms with van der Waals surface area (Å²) in [6.45, 7) is 2.67. The van der Waals surface area contributed by atoms with E-state index in [0.29, 0.717) is 23.5 Å². The maximum atomic E-state index is 12.6. The number of carbonyl (C=O) groups excluding carboxylic acids is 2. The third-order valence-electron chi connectivity index (χ3n) is 5.16. The Labute approximate surface area is 194 Å². The fraction of sp³-hybridized carbons (Fsp3) is 0.269. The van der Waals surface area contributed by atoms with Crippen molar-refractivity contribution in [2.45, 2.75) is 25.9 Å². The van der Waals surface area contributed by atoms with Gasteiger partial charge in [-0.05, 0) is 66.9 Å². The number of nitrogens with one attached hydrogen (secondary N) is 2. The Kier molecular flexibility index (Phi) is 8.16. The van der Waals surface area contributed by atoms with Gasteiger partial charge in [0, 0.05) is 44.1 Å². The monoisotopic (exact) mass is 446 g/mol. The van der Waals surface area contributed by atoms with Gasteiger partial charge in [-0.3, -0.25) is 14.6 Å². The molecule has 33 heavy (non-hydrogen) atoms. The molecule has 0 saturated carbocycles. The number of hydrogen-bond donors (Lipinski definition) is 2. The number of ether oxygens (including phenoxy) is 1. The lowest BCUT2D eigenvalue weighted by molar-refractivity contribution is 0.0827. The zero-order valence-corrected chi connectivity index (χ0v) is 19.5. The van der Waals surface area contributed by atoms with E-state index in [-0.39, 0.29) is 17.9 Å². The van der Waals surface area contributed by atoms with Crippen LogP contribution in [0.5, 0.6) is 5.75 Å². The minimum absolute atomic E-state index is 0.128. The van der Waals surface area contributed by atoms with Gasteiger partial charge in [-0.2, -0.15) is 0 Å². The molecule has 2 aromatic carbocycles. The summed E-state index contributed by atoms with van der Waals surface area (Å²) in [5, 5.41) is 6.36. The van der Waals surface area contributed by atoms with Gasteiger partial charge in [0.05, 0.1) is 7.11 Å². The smallest absolute Gasteiger partial charge is 0.274 e. The van der Waals surface area contributed by atoms with Crippen molar-refractivity contribution in [3.63, 3.8) is 0 Å². The minimum atomic E-state index is -0.322. The molecule has 7 nitrogen and oxygen atoms in total. The Morgan fingerprint density at radius 3 is 2.42 bits per heavy atom. The summed E-state index contributed by atoms with van der Waals surface area (Å²) in [5.41, 5.74) is 3.49. The molecule has 0 radical (unpaired) electrons. The van der Waals surface area contributed by atoms with Crippen LogP contribution in [0, 0.1) is 0 Å². The van der Waals surface area contributed by atoms with E-state index >= 15 is 0 Å². The van der Waals surface area contributed by atoms with E-state index in [0.717, 1.165) is 17.7 Å². The predicted octanol–water partition coefficient (Wildman–Crippen LogP) is 3.77. The van der Waals surface area contributed by atoms with Crippen LogP contribution in [0.15, 0.2) is 66.9 Å². The average molecular weight is 447 g/mol. The largest absolute Gasteiger partial charge is 0.497 e. The summed E-state index contributed by atoms with van der Waals surface area (Å²) in [5.74, 6) is 0.385. The number of pyridine rings is 1. The molecule has 2 N–H and O–H groups in total. The van der Waals surface area contributed by atoms with E-state index < -0.39 is 0 Å². The summed E-state index contributed by atoms with van der Waals surface area (Å²) in [4.78, 5) is 30.8. The molecule has 1 aromatic heterocycles. The summed E-state index contributed by atoms with van der Waals surface area (Å²) in [7, 11) is 5.06. The lowest BCUT2D eigenvalue weighted by Crippen LogP contribution is -2.28. The lowest BCUT2D eigenvalue weighted by atomic mass is 10.1. The number of benzene rings is 2. The van der Waals surface area contributed by atoms with Crippen LogP contribution in [-0.2, 0) is 13.0 Å². The third-order valence-corrected chi connectivity index (χ3v) is 5.16. The molecule has 3 aromatic rings. The number of hydrogen-bond acceptors (Lipinski definition) is 5. The summed E-state index contributed by atoms with van der Waals surface area (Å²) < 4.78 is 5.21. The van der Waals surface area contributed by atoms with Gasteiger partial charge in [0.2, 0.25) is 0 Å². The Morgan fingerprint density at radius 1 is 1.03 bits per heavy atom. The van der Waals surface area contributed by atoms with Crippen molar-refractivity contribution in [3.05, 3.63) is 89.2 Å². The average Bonchev–Trinajstić information content (AvgIpc) is 2.83. The van der Waals surface area contributed by atoms with Gasteiger partial charge >= 0.3 is 0 Å². The van der Waals surface area contributed by atoms with E-state index in [9.17, 15) is 9.59 Å². The molecular weight excluding hydrogens is 416 g/mol. The Hall–Kier alpha value is -3.71. The summed E-state index contributed by atoms with van der Waals surface area (Å²) in [6, 6.07) is 18.8. The molecule has 0 aliphatic carbocycles. The molecule has 3 rings (SSSR count). The molecule has 1 heterocycles. The first-order valence-electron chi connectivity index (χ1n) is 10.8. The number of anilines is 1. The first-order valence-corrected chi connectivity index (χ1v) is 10.8. The van der Waals surface area contributed by atoms with Gasteiger partial charge in [0.1, 0.15) is 11.4 Å². The van der Waals surface area contributed by atoms with E-state index in [4.69, 9.17) is 4.74 Å². The van der Waals surface area contributed by atoms with E-state index in [1.54, 1.807) is 51.7 Å². The zero-order valence-electron chi connectivity index (χ0n) is 19.5. The molecule has 0 aliphatic heterocycles. The maximum absolute atomic E-state index is 12.6. The number of carbonyl (C=O) groups is 2. The number of rotatable bonds is 9. The normalized spacial score (nSPS) is 11.5. The Bertz CT molecular complexity index is 1080. The third kappa shape index (κ3) is 6.89. The highest BCUT2D eigenvalue weighted by Gasteiger charge is 2.14. The van der Waals surface area contributed by atoms with Crippen molar-refractivity contribution in [2.24, 2.45) is 0 Å². The second-order valence-corrected chi connectivity index (χ2v) is 8.12. The molecule has 2 amide bonds. The van der Waals surface area contributed by atoms with Crippen molar-refractivity contribution in [2.75, 3.05) is 26.5 Å². The van der Waals surface area contributed by atoms with Gasteiger partial charge in [-0.25, -0.2) is 0 Å². The molecule has 1 atom stereocenters. The van der Waals surface area contributed by atoms with Crippen molar-refractivity contribution in [1.29, 1.82) is 0 Å². The second-order valence-electron chi connectivity index (χ2n) is 8.12. The van der Waals surface area contributed by atoms with Crippen LogP contribution >= 0.6 is 0 Å². The Balaban J connectivity index is 1.72. The first-order chi connectivity index (χ1) is 15.9. The molecule has 0 saturated heterocycles. The number of nitrogens with zero attached hydrogens (tertiary/aromatic N) is 2. The topological polar surface area (TPSA) is 83.6 Å². The van der Waals surface area contributed by atoms with Gasteiger partial charge in [-0.1, -0.05) is 18.2 Å². The van der Waals surface area contributed by atoms with Crippen LogP contribution in [0.2, 0.25) is 0 Å². The van der Waals surface area contributed by atoms with Gasteiger partial charge < -0.3 is 20.3 Å². The van der Waals surface area contributed by atoms with Crippen molar-refractivity contribution in [1.82, 2.24) is 15.2 Å². The van der Waals surface area contributed by atoms with Crippen molar-refractivity contribution >= 4 is 17.5 Å². The fourth-order valence-corrected chi connectivity index (χ4v) is 3.42. The fourth-order valence-electron chi connectivity index (χ4n) is 3.42. The van der Waals surface area contributed by atoms with Crippen LogP contribution in [0.4, 0.5) is 5.69 Å². The molecule has 7 heteroatoms. The van der Waals surface area contributed by atoms with Crippen LogP contribution in [0.3, 0.4) is 0 Å². The number of aromatic nitrogens is 1. The SMILES string of the molecule is COc1ccc(CC(C)NCc2cc(NC(=O)c3ccccn3)cc(C(=O)N(C)C)c2)cc1.